The summed E-state index contributed by atoms with van der Waals surface area (Å²) in [6.07, 6.45) is 7.18. The van der Waals surface area contributed by atoms with Crippen LogP contribution < -0.4 is 0 Å². The van der Waals surface area contributed by atoms with Crippen LogP contribution in [0.25, 0.3) is 6.08 Å². The molecule has 1 aromatic carbocycles. The molecule has 2 rings (SSSR count). The van der Waals surface area contributed by atoms with Crippen molar-refractivity contribution in [3.63, 3.8) is 0 Å². The Morgan fingerprint density at radius 2 is 1.90 bits per heavy atom. The summed E-state index contributed by atoms with van der Waals surface area (Å²) in [6, 6.07) is 6.30. The van der Waals surface area contributed by atoms with Crippen LogP contribution >= 0.6 is 11.6 Å². The Morgan fingerprint density at radius 3 is 2.45 bits per heavy atom. The van der Waals surface area contributed by atoms with Crippen molar-refractivity contribution >= 4 is 23.4 Å². The van der Waals surface area contributed by atoms with Crippen molar-refractivity contribution in [2.75, 3.05) is 19.1 Å². The van der Waals surface area contributed by atoms with Gasteiger partial charge in [0.15, 0.2) is 0 Å². The molecule has 0 atom stereocenters. The molecule has 1 aliphatic heterocycles. The van der Waals surface area contributed by atoms with Gasteiger partial charge in [0.25, 0.3) is 5.69 Å². The van der Waals surface area contributed by atoms with E-state index in [-0.39, 0.29) is 11.6 Å². The van der Waals surface area contributed by atoms with Crippen LogP contribution in [0.2, 0.25) is 0 Å². The van der Waals surface area contributed by atoms with E-state index >= 15 is 0 Å². The van der Waals surface area contributed by atoms with Crippen molar-refractivity contribution in [3.8, 4) is 0 Å². The Labute approximate surface area is 121 Å². The first kappa shape index (κ1) is 14.7. The molecular formula is C14H14ClNO4. The Morgan fingerprint density at radius 1 is 1.25 bits per heavy atom. The van der Waals surface area contributed by atoms with Crippen LogP contribution in [0.15, 0.2) is 42.5 Å². The maximum absolute atomic E-state index is 10.5. The molecule has 1 aromatic rings. The summed E-state index contributed by atoms with van der Waals surface area (Å²) in [5, 5.41) is 10.5. The lowest BCUT2D eigenvalue weighted by molar-refractivity contribution is -0.384. The van der Waals surface area contributed by atoms with Crippen LogP contribution in [-0.2, 0) is 9.47 Å². The molecule has 1 heterocycles. The Balaban J connectivity index is 1.97. The number of benzene rings is 1. The van der Waals surface area contributed by atoms with Gasteiger partial charge in [0.2, 0.25) is 5.79 Å². The average molecular weight is 296 g/mol. The van der Waals surface area contributed by atoms with Crippen LogP contribution in [-0.4, -0.2) is 29.8 Å². The Bertz CT molecular complexity index is 518. The molecule has 0 saturated carbocycles. The van der Waals surface area contributed by atoms with Crippen molar-refractivity contribution < 1.29 is 14.4 Å². The summed E-state index contributed by atoms with van der Waals surface area (Å²) in [4.78, 5) is 10.1. The molecule has 5 nitrogen and oxygen atoms in total. The maximum Gasteiger partial charge on any atom is 0.269 e. The molecule has 0 N–H and O–H groups in total. The number of ether oxygens (including phenoxy) is 2. The van der Waals surface area contributed by atoms with E-state index in [1.165, 1.54) is 12.1 Å². The number of rotatable bonds is 5. The lowest BCUT2D eigenvalue weighted by Crippen LogP contribution is -2.29. The summed E-state index contributed by atoms with van der Waals surface area (Å²) >= 11 is 5.82. The molecule has 0 aliphatic carbocycles. The molecule has 0 aromatic heterocycles. The molecule has 0 spiro atoms. The second kappa shape index (κ2) is 6.65. The molecule has 106 valence electrons. The number of hydrogen-bond acceptors (Lipinski definition) is 4. The number of nitro benzene ring substituents is 1. The fraction of sp³-hybridized carbons (Fsp3) is 0.286. The van der Waals surface area contributed by atoms with Crippen LogP contribution in [0.3, 0.4) is 0 Å². The zero-order chi connectivity index (χ0) is 14.4. The van der Waals surface area contributed by atoms with E-state index in [1.807, 2.05) is 6.08 Å². The van der Waals surface area contributed by atoms with Crippen molar-refractivity contribution in [1.82, 2.24) is 0 Å². The quantitative estimate of drug-likeness (QED) is 0.362. The molecule has 6 heteroatoms. The lowest BCUT2D eigenvalue weighted by Gasteiger charge is -2.19. The molecule has 20 heavy (non-hydrogen) atoms. The monoisotopic (exact) mass is 295 g/mol. The van der Waals surface area contributed by atoms with Gasteiger partial charge >= 0.3 is 0 Å². The third kappa shape index (κ3) is 3.66. The van der Waals surface area contributed by atoms with Crippen molar-refractivity contribution in [2.24, 2.45) is 0 Å². The largest absolute Gasteiger partial charge is 0.343 e. The van der Waals surface area contributed by atoms with Crippen LogP contribution in [0.5, 0.6) is 0 Å². The zero-order valence-corrected chi connectivity index (χ0v) is 11.5. The van der Waals surface area contributed by atoms with Gasteiger partial charge < -0.3 is 9.47 Å². The fourth-order valence-corrected chi connectivity index (χ4v) is 2.01. The number of nitrogens with zero attached hydrogens (tertiary/aromatic N) is 1. The normalized spacial score (nSPS) is 18.1. The summed E-state index contributed by atoms with van der Waals surface area (Å²) < 4.78 is 10.9. The molecule has 0 unspecified atom stereocenters. The Kier molecular flexibility index (Phi) is 4.89. The first-order chi connectivity index (χ1) is 9.65. The van der Waals surface area contributed by atoms with Gasteiger partial charge in [0.05, 0.1) is 24.0 Å². The predicted octanol–water partition coefficient (Wildman–Crippen LogP) is 3.15. The third-order valence-corrected chi connectivity index (χ3v) is 3.19. The van der Waals surface area contributed by atoms with E-state index in [1.54, 1.807) is 30.4 Å². The number of halogens is 1. The van der Waals surface area contributed by atoms with E-state index in [0.29, 0.717) is 13.2 Å². The number of allylic oxidation sites excluding steroid dienone is 2. The van der Waals surface area contributed by atoms with Crippen molar-refractivity contribution in [2.45, 2.75) is 5.79 Å². The maximum atomic E-state index is 10.5. The van der Waals surface area contributed by atoms with Gasteiger partial charge in [-0.2, -0.15) is 0 Å². The van der Waals surface area contributed by atoms with Gasteiger partial charge in [0.1, 0.15) is 0 Å². The molecule has 1 fully saturated rings. The minimum Gasteiger partial charge on any atom is -0.343 e. The SMILES string of the molecule is O=[N+]([O-])c1ccc(C=CC=CC2(CCl)OCCO2)cc1. The van der Waals surface area contributed by atoms with Crippen molar-refractivity contribution in [1.29, 1.82) is 0 Å². The van der Waals surface area contributed by atoms with Gasteiger partial charge in [-0.3, -0.25) is 10.1 Å². The minimum atomic E-state index is -0.832. The van der Waals surface area contributed by atoms with E-state index in [0.717, 1.165) is 5.56 Å². The number of alkyl halides is 1. The van der Waals surface area contributed by atoms with E-state index in [4.69, 9.17) is 21.1 Å². The Hall–Kier alpha value is -1.69. The highest BCUT2D eigenvalue weighted by Crippen LogP contribution is 2.22. The van der Waals surface area contributed by atoms with Crippen LogP contribution in [0.1, 0.15) is 5.56 Å². The third-order valence-electron chi connectivity index (χ3n) is 2.82. The summed E-state index contributed by atoms with van der Waals surface area (Å²) in [5.74, 6) is -0.601. The highest BCUT2D eigenvalue weighted by molar-refractivity contribution is 6.18. The molecular weight excluding hydrogens is 282 g/mol. The number of hydrogen-bond donors (Lipinski definition) is 0. The molecule has 0 bridgehead atoms. The smallest absolute Gasteiger partial charge is 0.269 e. The molecule has 1 saturated heterocycles. The van der Waals surface area contributed by atoms with Gasteiger partial charge in [-0.25, -0.2) is 0 Å². The van der Waals surface area contributed by atoms with Gasteiger partial charge in [0, 0.05) is 12.1 Å². The topological polar surface area (TPSA) is 61.6 Å². The zero-order valence-electron chi connectivity index (χ0n) is 10.7. The van der Waals surface area contributed by atoms with Crippen LogP contribution in [0.4, 0.5) is 5.69 Å². The fourth-order valence-electron chi connectivity index (χ4n) is 1.76. The molecule has 1 aliphatic rings. The number of nitro groups is 1. The first-order valence-electron chi connectivity index (χ1n) is 6.09. The highest BCUT2D eigenvalue weighted by atomic mass is 35.5. The van der Waals surface area contributed by atoms with E-state index in [9.17, 15) is 10.1 Å². The van der Waals surface area contributed by atoms with Gasteiger partial charge in [-0.05, 0) is 23.8 Å². The summed E-state index contributed by atoms with van der Waals surface area (Å²) in [5.41, 5.74) is 0.944. The highest BCUT2D eigenvalue weighted by Gasteiger charge is 2.32. The van der Waals surface area contributed by atoms with Gasteiger partial charge in [-0.1, -0.05) is 18.2 Å². The second-order valence-corrected chi connectivity index (χ2v) is 4.48. The first-order valence-corrected chi connectivity index (χ1v) is 6.63. The second-order valence-electron chi connectivity index (χ2n) is 4.21. The summed E-state index contributed by atoms with van der Waals surface area (Å²) in [7, 11) is 0. The van der Waals surface area contributed by atoms with Crippen LogP contribution in [0, 0.1) is 10.1 Å². The van der Waals surface area contributed by atoms with E-state index < -0.39 is 10.7 Å². The molecule has 0 radical (unpaired) electrons. The average Bonchev–Trinajstić information content (AvgIpc) is 2.93. The van der Waals surface area contributed by atoms with Crippen molar-refractivity contribution in [3.05, 3.63) is 58.2 Å². The standard InChI is InChI=1S/C14H14ClNO4/c15-11-14(19-9-10-20-14)8-2-1-3-12-4-6-13(7-5-12)16(17)18/h1-8H,9-11H2. The molecule has 0 amide bonds. The van der Waals surface area contributed by atoms with Gasteiger partial charge in [-0.15, -0.1) is 11.6 Å². The lowest BCUT2D eigenvalue weighted by atomic mass is 10.2. The summed E-state index contributed by atoms with van der Waals surface area (Å²) in [6.45, 7) is 1.06. The van der Waals surface area contributed by atoms with E-state index in [2.05, 4.69) is 0 Å². The minimum absolute atomic E-state index is 0.0755. The number of non-ortho nitro benzene ring substituents is 1. The predicted molar refractivity (Wildman–Crippen MR) is 76.6 cm³/mol.